The van der Waals surface area contributed by atoms with E-state index in [2.05, 4.69) is 19.8 Å². The third kappa shape index (κ3) is 4.29. The van der Waals surface area contributed by atoms with Gasteiger partial charge in [-0.3, -0.25) is 0 Å². The fourth-order valence-electron chi connectivity index (χ4n) is 1.58. The van der Waals surface area contributed by atoms with Crippen LogP contribution in [0.1, 0.15) is 11.6 Å². The van der Waals surface area contributed by atoms with Crippen LogP contribution in [0.2, 0.25) is 0 Å². The Morgan fingerprint density at radius 1 is 0.833 bits per heavy atom. The third-order valence-electron chi connectivity index (χ3n) is 2.52. The van der Waals surface area contributed by atoms with E-state index in [4.69, 9.17) is 76.2 Å². The van der Waals surface area contributed by atoms with Crippen LogP contribution in [0.4, 0.5) is 14.5 Å². The monoisotopic (exact) mass is 450 g/mol. The van der Waals surface area contributed by atoms with Crippen molar-refractivity contribution in [3.05, 3.63) is 46.8 Å². The molecule has 0 unspecified atom stereocenters. The second-order valence-corrected chi connectivity index (χ2v) is 8.76. The molecule has 4 nitrogen and oxygen atoms in total. The van der Waals surface area contributed by atoms with Gasteiger partial charge in [0.05, 0.1) is 12.1 Å². The number of hydrogen-bond acceptors (Lipinski definition) is 3. The van der Waals surface area contributed by atoms with Crippen LogP contribution in [-0.2, 0) is 7.59 Å². The lowest BCUT2D eigenvalue weighted by molar-refractivity contribution is 0.588. The minimum Gasteiger partial charge on any atom is -0.238 e. The Balaban J connectivity index is 2.78. The number of halogens is 8. The molecule has 0 aliphatic heterocycles. The minimum absolute atomic E-state index is 0.258. The van der Waals surface area contributed by atoms with Crippen molar-refractivity contribution in [1.82, 2.24) is 15.0 Å². The molecule has 1 aromatic carbocycles. The molecule has 0 aliphatic carbocycles. The molecule has 126 valence electrons. The Bertz CT molecular complexity index is 786. The molecule has 12 heteroatoms. The smallest absolute Gasteiger partial charge is 0.238 e. The standard InChI is InChI=1S/C12H2Cl6F2N4/c1-21-4-2-5(19)7(6(20)3-4)8-22-9(11(13,14)15)24-10(23-8)12(16,17)18/h2-3H. The molecule has 0 radical (unpaired) electrons. The molecule has 0 fully saturated rings. The summed E-state index contributed by atoms with van der Waals surface area (Å²) in [4.78, 5) is 14.0. The molecule has 0 saturated heterocycles. The minimum atomic E-state index is -2.16. The normalized spacial score (nSPS) is 12.1. The zero-order valence-corrected chi connectivity index (χ0v) is 15.5. The quantitative estimate of drug-likeness (QED) is 0.392. The third-order valence-corrected chi connectivity index (χ3v) is 3.54. The molecule has 1 aromatic heterocycles. The maximum absolute atomic E-state index is 14.2. The number of alkyl halides is 6. The molecule has 0 bridgehead atoms. The van der Waals surface area contributed by atoms with E-state index in [1.165, 1.54) is 0 Å². The summed E-state index contributed by atoms with van der Waals surface area (Å²) in [6.45, 7) is 6.79. The molecular weight excluding hydrogens is 451 g/mol. The zero-order valence-electron chi connectivity index (χ0n) is 11.0. The van der Waals surface area contributed by atoms with Gasteiger partial charge >= 0.3 is 0 Å². The first-order valence-corrected chi connectivity index (χ1v) is 7.97. The summed E-state index contributed by atoms with van der Waals surface area (Å²) in [7, 11) is 0. The van der Waals surface area contributed by atoms with Crippen LogP contribution in [0.25, 0.3) is 16.2 Å². The van der Waals surface area contributed by atoms with E-state index in [1.54, 1.807) is 0 Å². The van der Waals surface area contributed by atoms with E-state index < -0.39 is 42.3 Å². The van der Waals surface area contributed by atoms with Gasteiger partial charge in [0.1, 0.15) is 11.6 Å². The van der Waals surface area contributed by atoms with Crippen molar-refractivity contribution < 1.29 is 8.78 Å². The van der Waals surface area contributed by atoms with Gasteiger partial charge in [-0.1, -0.05) is 69.6 Å². The molecule has 24 heavy (non-hydrogen) atoms. The van der Waals surface area contributed by atoms with Crippen LogP contribution in [0, 0.1) is 18.2 Å². The maximum atomic E-state index is 14.2. The number of aromatic nitrogens is 3. The average Bonchev–Trinajstić information content (AvgIpc) is 2.44. The second kappa shape index (κ2) is 6.91. The summed E-state index contributed by atoms with van der Waals surface area (Å²) >= 11 is 34.1. The molecule has 0 spiro atoms. The highest BCUT2D eigenvalue weighted by Gasteiger charge is 2.34. The largest absolute Gasteiger partial charge is 0.250 e. The second-order valence-electron chi connectivity index (χ2n) is 4.20. The van der Waals surface area contributed by atoms with E-state index in [9.17, 15) is 8.78 Å². The zero-order chi connectivity index (χ0) is 18.3. The Morgan fingerprint density at radius 3 is 1.58 bits per heavy atom. The van der Waals surface area contributed by atoms with E-state index in [-0.39, 0.29) is 5.69 Å². The fraction of sp³-hybridized carbons (Fsp3) is 0.167. The Kier molecular flexibility index (Phi) is 5.65. The lowest BCUT2D eigenvalue weighted by atomic mass is 10.1. The summed E-state index contributed by atoms with van der Waals surface area (Å²) in [6.07, 6.45) is 0. The number of benzene rings is 1. The summed E-state index contributed by atoms with van der Waals surface area (Å²) in [5.74, 6) is -3.77. The van der Waals surface area contributed by atoms with Crippen LogP contribution >= 0.6 is 69.6 Å². The van der Waals surface area contributed by atoms with Gasteiger partial charge in [0.15, 0.2) is 23.2 Å². The highest BCUT2D eigenvalue weighted by Crippen LogP contribution is 2.41. The predicted octanol–water partition coefficient (Wildman–Crippen LogP) is 6.02. The lowest BCUT2D eigenvalue weighted by Gasteiger charge is -2.16. The summed E-state index contributed by atoms with van der Waals surface area (Å²) < 4.78 is 24.0. The fourth-order valence-corrected chi connectivity index (χ4v) is 2.09. The first-order valence-electron chi connectivity index (χ1n) is 5.71. The topological polar surface area (TPSA) is 43.0 Å². The number of nitrogens with zero attached hydrogens (tertiary/aromatic N) is 4. The van der Waals surface area contributed by atoms with Crippen molar-refractivity contribution in [1.29, 1.82) is 0 Å². The summed E-state index contributed by atoms with van der Waals surface area (Å²) in [6, 6.07) is 1.58. The van der Waals surface area contributed by atoms with Crippen molar-refractivity contribution in [2.45, 2.75) is 7.59 Å². The number of hydrogen-bond donors (Lipinski definition) is 0. The van der Waals surface area contributed by atoms with Gasteiger partial charge in [-0.15, -0.1) is 0 Å². The van der Waals surface area contributed by atoms with Gasteiger partial charge in [0.25, 0.3) is 0 Å². The van der Waals surface area contributed by atoms with Gasteiger partial charge in [0, 0.05) is 0 Å². The van der Waals surface area contributed by atoms with Crippen LogP contribution in [0.15, 0.2) is 12.1 Å². The maximum Gasteiger partial charge on any atom is 0.250 e. The van der Waals surface area contributed by atoms with E-state index >= 15 is 0 Å². The van der Waals surface area contributed by atoms with Crippen molar-refractivity contribution in [2.75, 3.05) is 0 Å². The Morgan fingerprint density at radius 2 is 1.25 bits per heavy atom. The highest BCUT2D eigenvalue weighted by atomic mass is 35.6. The van der Waals surface area contributed by atoms with E-state index in [0.29, 0.717) is 0 Å². The van der Waals surface area contributed by atoms with Crippen LogP contribution < -0.4 is 0 Å². The van der Waals surface area contributed by atoms with Gasteiger partial charge in [0.2, 0.25) is 7.59 Å². The SMILES string of the molecule is [C-]#[N+]c1cc(F)c(-c2nc(C(Cl)(Cl)Cl)nc(C(Cl)(Cl)Cl)n2)c(F)c1. The first kappa shape index (κ1) is 19.6. The molecule has 2 aromatic rings. The molecule has 0 saturated carbocycles. The lowest BCUT2D eigenvalue weighted by Crippen LogP contribution is -2.17. The molecular formula is C12H2Cl6F2N4. The molecule has 2 rings (SSSR count). The molecule has 0 aliphatic rings. The van der Waals surface area contributed by atoms with Gasteiger partial charge < -0.3 is 0 Å². The summed E-state index contributed by atoms with van der Waals surface area (Å²) in [5.41, 5.74) is -0.943. The number of rotatable bonds is 1. The van der Waals surface area contributed by atoms with Crippen LogP contribution in [0.5, 0.6) is 0 Å². The molecule has 0 atom stereocenters. The average molecular weight is 453 g/mol. The van der Waals surface area contributed by atoms with E-state index in [1.807, 2.05) is 0 Å². The highest BCUT2D eigenvalue weighted by molar-refractivity contribution is 6.67. The molecule has 1 heterocycles. The predicted molar refractivity (Wildman–Crippen MR) is 89.9 cm³/mol. The van der Waals surface area contributed by atoms with Crippen molar-refractivity contribution in [3.63, 3.8) is 0 Å². The van der Waals surface area contributed by atoms with Crippen molar-refractivity contribution in [2.24, 2.45) is 0 Å². The van der Waals surface area contributed by atoms with Gasteiger partial charge in [-0.2, -0.15) is 0 Å². The summed E-state index contributed by atoms with van der Waals surface area (Å²) in [5, 5.41) is 0. The molecule has 0 N–H and O–H groups in total. The Hall–Kier alpha value is -0.680. The van der Waals surface area contributed by atoms with Crippen LogP contribution in [-0.4, -0.2) is 15.0 Å². The van der Waals surface area contributed by atoms with Crippen LogP contribution in [0.3, 0.4) is 0 Å². The van der Waals surface area contributed by atoms with Crippen molar-refractivity contribution >= 4 is 75.3 Å². The van der Waals surface area contributed by atoms with E-state index in [0.717, 1.165) is 12.1 Å². The Labute approximate surface area is 164 Å². The van der Waals surface area contributed by atoms with Gasteiger partial charge in [-0.25, -0.2) is 28.6 Å². The molecule has 0 amide bonds. The first-order chi connectivity index (χ1) is 10.9. The van der Waals surface area contributed by atoms with Gasteiger partial charge in [-0.05, 0) is 12.1 Å². The van der Waals surface area contributed by atoms with Crippen molar-refractivity contribution in [3.8, 4) is 11.4 Å².